The van der Waals surface area contributed by atoms with Crippen LogP contribution in [0, 0.1) is 5.92 Å². The van der Waals surface area contributed by atoms with Gasteiger partial charge in [0, 0.05) is 31.3 Å². The van der Waals surface area contributed by atoms with Crippen molar-refractivity contribution in [2.75, 3.05) is 24.6 Å². The van der Waals surface area contributed by atoms with Gasteiger partial charge in [0.05, 0.1) is 6.61 Å². The molecule has 2 N–H and O–H groups in total. The van der Waals surface area contributed by atoms with E-state index in [4.69, 9.17) is 15.6 Å². The number of hydrogen-bond donors (Lipinski definition) is 1. The Kier molecular flexibility index (Phi) is 4.49. The fourth-order valence-corrected chi connectivity index (χ4v) is 3.74. The third-order valence-corrected chi connectivity index (χ3v) is 5.62. The van der Waals surface area contributed by atoms with Gasteiger partial charge in [-0.2, -0.15) is 4.52 Å². The second-order valence-electron chi connectivity index (χ2n) is 7.78. The van der Waals surface area contributed by atoms with E-state index in [9.17, 15) is 4.79 Å². The molecule has 29 heavy (non-hydrogen) atoms. The van der Waals surface area contributed by atoms with E-state index in [-0.39, 0.29) is 5.69 Å². The van der Waals surface area contributed by atoms with Gasteiger partial charge < -0.3 is 15.4 Å². The van der Waals surface area contributed by atoms with Crippen molar-refractivity contribution in [1.29, 1.82) is 0 Å². The van der Waals surface area contributed by atoms with Crippen molar-refractivity contribution < 1.29 is 9.53 Å². The Morgan fingerprint density at radius 3 is 2.72 bits per heavy atom. The van der Waals surface area contributed by atoms with Crippen molar-refractivity contribution in [3.8, 4) is 5.75 Å². The van der Waals surface area contributed by atoms with Gasteiger partial charge in [-0.05, 0) is 49.8 Å². The Labute approximate surface area is 167 Å². The highest BCUT2D eigenvalue weighted by molar-refractivity contribution is 5.91. The van der Waals surface area contributed by atoms with E-state index in [1.54, 1.807) is 18.3 Å². The minimum atomic E-state index is -0.550. The molecule has 0 spiro atoms. The van der Waals surface area contributed by atoms with Crippen LogP contribution in [-0.2, 0) is 0 Å². The molecule has 0 unspecified atom stereocenters. The molecule has 2 aliphatic rings. The first-order valence-electron chi connectivity index (χ1n) is 10.0. The molecule has 1 saturated carbocycles. The number of hydrogen-bond acceptors (Lipinski definition) is 7. The summed E-state index contributed by atoms with van der Waals surface area (Å²) in [4.78, 5) is 17.5. The van der Waals surface area contributed by atoms with Gasteiger partial charge in [-0.15, -0.1) is 15.3 Å². The number of carbonyl (C=O) groups excluding carboxylic acids is 1. The molecule has 3 aromatic heterocycles. The summed E-state index contributed by atoms with van der Waals surface area (Å²) in [6.07, 6.45) is 5.93. The van der Waals surface area contributed by atoms with Crippen molar-refractivity contribution in [3.05, 3.63) is 42.0 Å². The molecule has 1 saturated heterocycles. The predicted octanol–water partition coefficient (Wildman–Crippen LogP) is 1.79. The summed E-state index contributed by atoms with van der Waals surface area (Å²) in [5.41, 5.74) is 6.30. The van der Waals surface area contributed by atoms with Crippen LogP contribution in [0.15, 0.2) is 30.5 Å². The van der Waals surface area contributed by atoms with Gasteiger partial charge in [-0.25, -0.2) is 0 Å². The SMILES string of the molecule is NC(=O)c1cc(OCC2CCN(c3ccc4nnc(C5CC5)n4n3)CC2)ccn1. The minimum Gasteiger partial charge on any atom is -0.493 e. The zero-order valence-electron chi connectivity index (χ0n) is 16.1. The Balaban J connectivity index is 1.19. The van der Waals surface area contributed by atoms with Gasteiger partial charge in [0.15, 0.2) is 11.5 Å². The molecule has 1 aliphatic heterocycles. The lowest BCUT2D eigenvalue weighted by Gasteiger charge is -2.32. The zero-order valence-corrected chi connectivity index (χ0v) is 16.1. The Bertz CT molecular complexity index is 1040. The van der Waals surface area contributed by atoms with Crippen LogP contribution in [0.3, 0.4) is 0 Å². The molecule has 2 fully saturated rings. The summed E-state index contributed by atoms with van der Waals surface area (Å²) < 4.78 is 7.78. The number of nitrogens with zero attached hydrogens (tertiary/aromatic N) is 6. The summed E-state index contributed by atoms with van der Waals surface area (Å²) >= 11 is 0. The van der Waals surface area contributed by atoms with Crippen LogP contribution < -0.4 is 15.4 Å². The van der Waals surface area contributed by atoms with Crippen LogP contribution >= 0.6 is 0 Å². The number of nitrogens with two attached hydrogens (primary N) is 1. The van der Waals surface area contributed by atoms with Crippen LogP contribution in [0.1, 0.15) is 47.9 Å². The number of amides is 1. The van der Waals surface area contributed by atoms with Crippen LogP contribution in [-0.4, -0.2) is 50.4 Å². The van der Waals surface area contributed by atoms with Gasteiger partial charge in [0.25, 0.3) is 5.91 Å². The molecular formula is C20H23N7O2. The predicted molar refractivity (Wildman–Crippen MR) is 106 cm³/mol. The number of ether oxygens (including phenoxy) is 1. The first kappa shape index (κ1) is 17.8. The highest BCUT2D eigenvalue weighted by Gasteiger charge is 2.29. The Morgan fingerprint density at radius 2 is 1.97 bits per heavy atom. The van der Waals surface area contributed by atoms with Crippen molar-refractivity contribution in [2.24, 2.45) is 11.7 Å². The van der Waals surface area contributed by atoms with Gasteiger partial charge in [0.2, 0.25) is 0 Å². The Hall–Kier alpha value is -3.23. The standard InChI is InChI=1S/C20H23N7O2/c21-19(28)16-11-15(5-8-22-16)29-12-13-6-9-26(10-7-13)18-4-3-17-23-24-20(14-1-2-14)27(17)25-18/h3-5,8,11,13-14H,1-2,6-7,9-10,12H2,(H2,21,28). The van der Waals surface area contributed by atoms with E-state index in [1.165, 1.54) is 12.8 Å². The molecule has 0 radical (unpaired) electrons. The van der Waals surface area contributed by atoms with Gasteiger partial charge in [-0.3, -0.25) is 9.78 Å². The highest BCUT2D eigenvalue weighted by Crippen LogP contribution is 2.38. The number of anilines is 1. The van der Waals surface area contributed by atoms with E-state index in [2.05, 4.69) is 20.1 Å². The minimum absolute atomic E-state index is 0.221. The maximum absolute atomic E-state index is 11.2. The molecule has 0 atom stereocenters. The quantitative estimate of drug-likeness (QED) is 0.679. The fraction of sp³-hybridized carbons (Fsp3) is 0.450. The van der Waals surface area contributed by atoms with Crippen molar-refractivity contribution in [3.63, 3.8) is 0 Å². The molecule has 4 heterocycles. The topological polar surface area (TPSA) is 112 Å². The molecule has 0 aromatic carbocycles. The molecule has 5 rings (SSSR count). The molecular weight excluding hydrogens is 370 g/mol. The maximum atomic E-state index is 11.2. The number of pyridine rings is 1. The van der Waals surface area contributed by atoms with Crippen LogP contribution in [0.5, 0.6) is 5.75 Å². The number of aromatic nitrogens is 5. The van der Waals surface area contributed by atoms with Crippen molar-refractivity contribution in [2.45, 2.75) is 31.6 Å². The lowest BCUT2D eigenvalue weighted by atomic mass is 9.98. The van der Waals surface area contributed by atoms with E-state index in [0.717, 1.165) is 43.2 Å². The molecule has 0 bridgehead atoms. The van der Waals surface area contributed by atoms with Gasteiger partial charge in [-0.1, -0.05) is 0 Å². The van der Waals surface area contributed by atoms with Crippen LogP contribution in [0.25, 0.3) is 5.65 Å². The van der Waals surface area contributed by atoms with E-state index < -0.39 is 5.91 Å². The number of fused-ring (bicyclic) bond motifs is 1. The first-order valence-corrected chi connectivity index (χ1v) is 10.0. The summed E-state index contributed by atoms with van der Waals surface area (Å²) in [7, 11) is 0. The summed E-state index contributed by atoms with van der Waals surface area (Å²) in [5, 5.41) is 13.3. The van der Waals surface area contributed by atoms with Crippen LogP contribution in [0.2, 0.25) is 0 Å². The van der Waals surface area contributed by atoms with Gasteiger partial charge in [0.1, 0.15) is 17.3 Å². The molecule has 9 nitrogen and oxygen atoms in total. The number of primary amides is 1. The van der Waals surface area contributed by atoms with Crippen LogP contribution in [0.4, 0.5) is 5.82 Å². The van der Waals surface area contributed by atoms with E-state index in [0.29, 0.717) is 24.2 Å². The zero-order chi connectivity index (χ0) is 19.8. The number of piperidine rings is 1. The Morgan fingerprint density at radius 1 is 1.14 bits per heavy atom. The number of rotatable bonds is 6. The summed E-state index contributed by atoms with van der Waals surface area (Å²) in [6, 6.07) is 7.36. The van der Waals surface area contributed by atoms with Gasteiger partial charge >= 0.3 is 0 Å². The molecule has 150 valence electrons. The second-order valence-corrected chi connectivity index (χ2v) is 7.78. The average Bonchev–Trinajstić information content (AvgIpc) is 3.51. The summed E-state index contributed by atoms with van der Waals surface area (Å²) in [6.45, 7) is 2.46. The molecule has 1 amide bonds. The first-order chi connectivity index (χ1) is 14.2. The average molecular weight is 393 g/mol. The lowest BCUT2D eigenvalue weighted by molar-refractivity contribution is 0.0995. The molecule has 9 heteroatoms. The normalized spacial score (nSPS) is 17.6. The third kappa shape index (κ3) is 3.72. The van der Waals surface area contributed by atoms with Crippen molar-refractivity contribution in [1.82, 2.24) is 24.8 Å². The lowest BCUT2D eigenvalue weighted by Crippen LogP contribution is -2.36. The fourth-order valence-electron chi connectivity index (χ4n) is 3.74. The largest absolute Gasteiger partial charge is 0.493 e. The van der Waals surface area contributed by atoms with E-state index in [1.807, 2.05) is 16.6 Å². The summed E-state index contributed by atoms with van der Waals surface area (Å²) in [5.74, 6) is 3.00. The number of carbonyl (C=O) groups is 1. The second kappa shape index (κ2) is 7.31. The molecule has 1 aliphatic carbocycles. The van der Waals surface area contributed by atoms with E-state index >= 15 is 0 Å². The smallest absolute Gasteiger partial charge is 0.267 e. The maximum Gasteiger partial charge on any atom is 0.267 e. The highest BCUT2D eigenvalue weighted by atomic mass is 16.5. The van der Waals surface area contributed by atoms with Crippen molar-refractivity contribution >= 4 is 17.4 Å². The monoisotopic (exact) mass is 393 g/mol. The third-order valence-electron chi connectivity index (χ3n) is 5.62. The molecule has 3 aromatic rings.